The number of nitrogens with zero attached hydrogens (tertiary/aromatic N) is 3. The smallest absolute Gasteiger partial charge is 0.356 e. The van der Waals surface area contributed by atoms with Crippen molar-refractivity contribution >= 4 is 17.3 Å². The standard InChI is InChI=1S/C14H19F6N5S/c1-21-12(23-5-11-24-10(7-26-11)14(18,19)20)22-4-9-2-3-25(6-9)8-13(15,16)17/h7,9H,2-6,8H2,1H3,(H2,21,22,23). The van der Waals surface area contributed by atoms with Crippen molar-refractivity contribution in [3.63, 3.8) is 0 Å². The van der Waals surface area contributed by atoms with Crippen molar-refractivity contribution < 1.29 is 26.3 Å². The predicted octanol–water partition coefficient (Wildman–Crippen LogP) is 2.71. The van der Waals surface area contributed by atoms with Crippen LogP contribution in [-0.4, -0.2) is 55.2 Å². The van der Waals surface area contributed by atoms with Crippen LogP contribution in [-0.2, 0) is 12.7 Å². The number of alkyl halides is 6. The minimum Gasteiger partial charge on any atom is -0.356 e. The summed E-state index contributed by atoms with van der Waals surface area (Å²) in [6, 6.07) is 0. The third-order valence-corrected chi connectivity index (χ3v) is 4.65. The van der Waals surface area contributed by atoms with Crippen LogP contribution >= 0.6 is 11.3 Å². The fourth-order valence-corrected chi connectivity index (χ4v) is 3.36. The summed E-state index contributed by atoms with van der Waals surface area (Å²) < 4.78 is 74.7. The molecule has 1 aliphatic rings. The molecule has 0 amide bonds. The Hall–Kier alpha value is -1.56. The number of rotatable bonds is 5. The number of guanidine groups is 1. The summed E-state index contributed by atoms with van der Waals surface area (Å²) >= 11 is 0.888. The highest BCUT2D eigenvalue weighted by Crippen LogP contribution is 2.29. The van der Waals surface area contributed by atoms with Crippen molar-refractivity contribution in [3.05, 3.63) is 16.1 Å². The van der Waals surface area contributed by atoms with Gasteiger partial charge in [-0.1, -0.05) is 0 Å². The van der Waals surface area contributed by atoms with E-state index in [1.54, 1.807) is 0 Å². The molecule has 0 radical (unpaired) electrons. The first-order valence-corrected chi connectivity index (χ1v) is 8.70. The Morgan fingerprint density at radius 1 is 1.31 bits per heavy atom. The molecule has 0 spiro atoms. The Morgan fingerprint density at radius 2 is 2.04 bits per heavy atom. The lowest BCUT2D eigenvalue weighted by Gasteiger charge is -2.18. The zero-order chi connectivity index (χ0) is 19.4. The molecular weight excluding hydrogens is 384 g/mol. The molecule has 0 aliphatic carbocycles. The quantitative estimate of drug-likeness (QED) is 0.451. The normalized spacial score (nSPS) is 19.8. The average molecular weight is 403 g/mol. The van der Waals surface area contributed by atoms with Gasteiger partial charge in [0.05, 0.1) is 13.1 Å². The third kappa shape index (κ3) is 6.63. The molecule has 0 saturated carbocycles. The lowest BCUT2D eigenvalue weighted by molar-refractivity contribution is -0.144. The van der Waals surface area contributed by atoms with E-state index in [1.165, 1.54) is 11.9 Å². The van der Waals surface area contributed by atoms with E-state index in [9.17, 15) is 26.3 Å². The molecule has 2 heterocycles. The van der Waals surface area contributed by atoms with Gasteiger partial charge in [0, 0.05) is 25.5 Å². The Labute approximate surface area is 150 Å². The molecule has 1 atom stereocenters. The van der Waals surface area contributed by atoms with Crippen LogP contribution in [0.4, 0.5) is 26.3 Å². The summed E-state index contributed by atoms with van der Waals surface area (Å²) in [7, 11) is 1.50. The van der Waals surface area contributed by atoms with Gasteiger partial charge >= 0.3 is 12.4 Å². The molecule has 1 saturated heterocycles. The first kappa shape index (κ1) is 20.7. The van der Waals surface area contributed by atoms with Crippen molar-refractivity contribution in [1.82, 2.24) is 20.5 Å². The topological polar surface area (TPSA) is 52.6 Å². The van der Waals surface area contributed by atoms with Crippen molar-refractivity contribution in [1.29, 1.82) is 0 Å². The fourth-order valence-electron chi connectivity index (χ4n) is 2.62. The first-order chi connectivity index (χ1) is 12.1. The van der Waals surface area contributed by atoms with E-state index in [4.69, 9.17) is 0 Å². The van der Waals surface area contributed by atoms with E-state index in [2.05, 4.69) is 20.6 Å². The van der Waals surface area contributed by atoms with Gasteiger partial charge in [-0.3, -0.25) is 9.89 Å². The number of likely N-dealkylation sites (tertiary alicyclic amines) is 1. The van der Waals surface area contributed by atoms with Gasteiger partial charge in [-0.15, -0.1) is 11.3 Å². The maximum absolute atomic E-state index is 12.5. The summed E-state index contributed by atoms with van der Waals surface area (Å²) in [4.78, 5) is 8.82. The second kappa shape index (κ2) is 8.42. The first-order valence-electron chi connectivity index (χ1n) is 7.82. The number of halogens is 6. The fraction of sp³-hybridized carbons (Fsp3) is 0.714. The van der Waals surface area contributed by atoms with Gasteiger partial charge in [-0.25, -0.2) is 4.98 Å². The highest BCUT2D eigenvalue weighted by Gasteiger charge is 2.35. The van der Waals surface area contributed by atoms with E-state index in [-0.39, 0.29) is 17.5 Å². The highest BCUT2D eigenvalue weighted by atomic mass is 32.1. The number of thiazole rings is 1. The zero-order valence-electron chi connectivity index (χ0n) is 13.9. The van der Waals surface area contributed by atoms with Gasteiger partial charge in [0.1, 0.15) is 5.01 Å². The molecular formula is C14H19F6N5S. The minimum absolute atomic E-state index is 0.0487. The number of nitrogens with one attached hydrogen (secondary N) is 2. The molecule has 0 aromatic carbocycles. The van der Waals surface area contributed by atoms with E-state index in [0.717, 1.165) is 16.7 Å². The summed E-state index contributed by atoms with van der Waals surface area (Å²) in [6.07, 6.45) is -8.04. The van der Waals surface area contributed by atoms with Gasteiger partial charge in [-0.05, 0) is 18.9 Å². The van der Waals surface area contributed by atoms with Crippen LogP contribution < -0.4 is 10.6 Å². The van der Waals surface area contributed by atoms with E-state index >= 15 is 0 Å². The van der Waals surface area contributed by atoms with Gasteiger partial charge in [0.15, 0.2) is 11.7 Å². The molecule has 2 rings (SSSR count). The summed E-state index contributed by atoms with van der Waals surface area (Å²) in [6.45, 7) is 0.315. The zero-order valence-corrected chi connectivity index (χ0v) is 14.7. The average Bonchev–Trinajstić information content (AvgIpc) is 3.14. The maximum Gasteiger partial charge on any atom is 0.434 e. The molecule has 1 fully saturated rings. The molecule has 1 aromatic heterocycles. The Morgan fingerprint density at radius 3 is 2.62 bits per heavy atom. The maximum atomic E-state index is 12.5. The van der Waals surface area contributed by atoms with Crippen molar-refractivity contribution in [2.75, 3.05) is 33.2 Å². The predicted molar refractivity (Wildman–Crippen MR) is 85.9 cm³/mol. The van der Waals surface area contributed by atoms with Gasteiger partial charge in [0.2, 0.25) is 0 Å². The lowest BCUT2D eigenvalue weighted by atomic mass is 10.1. The molecule has 1 aliphatic heterocycles. The molecule has 1 unspecified atom stereocenters. The van der Waals surface area contributed by atoms with Crippen molar-refractivity contribution in [3.8, 4) is 0 Å². The van der Waals surface area contributed by atoms with Crippen LogP contribution in [0.2, 0.25) is 0 Å². The van der Waals surface area contributed by atoms with Gasteiger partial charge in [-0.2, -0.15) is 26.3 Å². The van der Waals surface area contributed by atoms with Crippen LogP contribution in [0.25, 0.3) is 0 Å². The Balaban J connectivity index is 1.74. The second-order valence-corrected chi connectivity index (χ2v) is 6.88. The minimum atomic E-state index is -4.47. The van der Waals surface area contributed by atoms with Crippen LogP contribution in [0, 0.1) is 5.92 Å². The van der Waals surface area contributed by atoms with Crippen molar-refractivity contribution in [2.45, 2.75) is 25.3 Å². The number of aromatic nitrogens is 1. The number of hydrogen-bond donors (Lipinski definition) is 2. The van der Waals surface area contributed by atoms with Crippen LogP contribution in [0.1, 0.15) is 17.1 Å². The molecule has 12 heteroatoms. The summed E-state index contributed by atoms with van der Waals surface area (Å²) in [5, 5.41) is 7.04. The molecule has 26 heavy (non-hydrogen) atoms. The Bertz CT molecular complexity index is 612. The molecule has 0 bridgehead atoms. The third-order valence-electron chi connectivity index (χ3n) is 3.80. The molecule has 2 N–H and O–H groups in total. The number of hydrogen-bond acceptors (Lipinski definition) is 4. The second-order valence-electron chi connectivity index (χ2n) is 5.94. The van der Waals surface area contributed by atoms with E-state index in [1.807, 2.05) is 0 Å². The summed E-state index contributed by atoms with van der Waals surface area (Å²) in [5.74, 6) is 0.413. The van der Waals surface area contributed by atoms with E-state index < -0.39 is 24.6 Å². The van der Waals surface area contributed by atoms with Crippen molar-refractivity contribution in [2.24, 2.45) is 10.9 Å². The molecule has 1 aromatic rings. The van der Waals surface area contributed by atoms with Crippen LogP contribution in [0.3, 0.4) is 0 Å². The Kier molecular flexibility index (Phi) is 6.72. The SMILES string of the molecule is CN=C(NCc1nc(C(F)(F)F)cs1)NCC1CCN(CC(F)(F)F)C1. The van der Waals surface area contributed by atoms with Crippen LogP contribution in [0.5, 0.6) is 0 Å². The van der Waals surface area contributed by atoms with Gasteiger partial charge < -0.3 is 10.6 Å². The number of aliphatic imine (C=N–C) groups is 1. The lowest BCUT2D eigenvalue weighted by Crippen LogP contribution is -2.40. The monoisotopic (exact) mass is 403 g/mol. The van der Waals surface area contributed by atoms with Crippen LogP contribution in [0.15, 0.2) is 10.4 Å². The summed E-state index contributed by atoms with van der Waals surface area (Å²) in [5.41, 5.74) is -0.932. The van der Waals surface area contributed by atoms with Gasteiger partial charge in [0.25, 0.3) is 0 Å². The molecule has 148 valence electrons. The highest BCUT2D eigenvalue weighted by molar-refractivity contribution is 7.09. The largest absolute Gasteiger partial charge is 0.434 e. The molecule has 5 nitrogen and oxygen atoms in total. The van der Waals surface area contributed by atoms with E-state index in [0.29, 0.717) is 32.0 Å².